The summed E-state index contributed by atoms with van der Waals surface area (Å²) >= 11 is 6.03. The van der Waals surface area contributed by atoms with Crippen LogP contribution in [0.1, 0.15) is 36.2 Å². The van der Waals surface area contributed by atoms with Gasteiger partial charge in [0, 0.05) is 0 Å². The molecular weight excluding hydrogens is 224 g/mol. The lowest BCUT2D eigenvalue weighted by Gasteiger charge is -2.07. The van der Waals surface area contributed by atoms with Gasteiger partial charge in [-0.3, -0.25) is 0 Å². The van der Waals surface area contributed by atoms with Crippen molar-refractivity contribution in [3.05, 3.63) is 40.4 Å². The Kier molecular flexibility index (Phi) is 4.56. The van der Waals surface area contributed by atoms with Crippen molar-refractivity contribution in [2.24, 2.45) is 0 Å². The maximum absolute atomic E-state index is 11.3. The molecule has 1 aromatic rings. The van der Waals surface area contributed by atoms with Gasteiger partial charge in [0.2, 0.25) is 0 Å². The molecule has 16 heavy (non-hydrogen) atoms. The van der Waals surface area contributed by atoms with Crippen molar-refractivity contribution in [2.75, 3.05) is 7.11 Å². The van der Waals surface area contributed by atoms with Crippen LogP contribution in [0, 0.1) is 0 Å². The monoisotopic (exact) mass is 238 g/mol. The third-order valence-electron chi connectivity index (χ3n) is 2.47. The summed E-state index contributed by atoms with van der Waals surface area (Å²) < 4.78 is 4.63. The maximum Gasteiger partial charge on any atom is 0.339 e. The Labute approximate surface area is 101 Å². The lowest BCUT2D eigenvalue weighted by Crippen LogP contribution is -2.02. The zero-order chi connectivity index (χ0) is 12.1. The van der Waals surface area contributed by atoms with Crippen LogP contribution >= 0.6 is 11.6 Å². The molecule has 2 nitrogen and oxygen atoms in total. The van der Waals surface area contributed by atoms with Crippen LogP contribution < -0.4 is 0 Å². The average Bonchev–Trinajstić information content (AvgIpc) is 2.30. The molecule has 86 valence electrons. The van der Waals surface area contributed by atoms with E-state index in [4.69, 9.17) is 11.6 Å². The van der Waals surface area contributed by atoms with Crippen LogP contribution in [0.5, 0.6) is 0 Å². The van der Waals surface area contributed by atoms with Gasteiger partial charge in [0.25, 0.3) is 0 Å². The van der Waals surface area contributed by atoms with Gasteiger partial charge < -0.3 is 4.74 Å². The molecule has 0 N–H and O–H groups in total. The van der Waals surface area contributed by atoms with Crippen molar-refractivity contribution in [1.29, 1.82) is 0 Å². The summed E-state index contributed by atoms with van der Waals surface area (Å²) in [6.45, 7) is 4.07. The molecule has 0 bridgehead atoms. The van der Waals surface area contributed by atoms with E-state index in [-0.39, 0.29) is 0 Å². The van der Waals surface area contributed by atoms with E-state index in [0.29, 0.717) is 10.6 Å². The molecule has 0 amide bonds. The molecular formula is C13H15ClO2. The molecule has 0 radical (unpaired) electrons. The first-order valence-electron chi connectivity index (χ1n) is 5.17. The predicted molar refractivity (Wildman–Crippen MR) is 66.7 cm³/mol. The van der Waals surface area contributed by atoms with Gasteiger partial charge in [0.1, 0.15) is 0 Å². The van der Waals surface area contributed by atoms with Crippen molar-refractivity contribution in [3.8, 4) is 0 Å². The Bertz CT molecular complexity index is 422. The molecule has 0 unspecified atom stereocenters. The van der Waals surface area contributed by atoms with Crippen LogP contribution in [0.2, 0.25) is 5.02 Å². The summed E-state index contributed by atoms with van der Waals surface area (Å²) in [4.78, 5) is 11.3. The zero-order valence-corrected chi connectivity index (χ0v) is 10.5. The van der Waals surface area contributed by atoms with E-state index in [2.05, 4.69) is 11.7 Å². The van der Waals surface area contributed by atoms with Gasteiger partial charge in [-0.2, -0.15) is 0 Å². The second-order valence-electron chi connectivity index (χ2n) is 3.35. The average molecular weight is 239 g/mol. The molecule has 0 aliphatic rings. The topological polar surface area (TPSA) is 26.3 Å². The fraction of sp³-hybridized carbons (Fsp3) is 0.308. The summed E-state index contributed by atoms with van der Waals surface area (Å²) in [5, 5.41) is 0.428. The van der Waals surface area contributed by atoms with Crippen molar-refractivity contribution >= 4 is 23.1 Å². The highest BCUT2D eigenvalue weighted by Gasteiger charge is 2.11. The number of hydrogen-bond donors (Lipinski definition) is 0. The summed E-state index contributed by atoms with van der Waals surface area (Å²) in [6.07, 6.45) is 2.98. The Balaban J connectivity index is 3.13. The molecule has 1 rings (SSSR count). The largest absolute Gasteiger partial charge is 0.465 e. The number of hydrogen-bond acceptors (Lipinski definition) is 2. The number of carbonyl (C=O) groups is 1. The van der Waals surface area contributed by atoms with E-state index in [0.717, 1.165) is 12.0 Å². The van der Waals surface area contributed by atoms with E-state index in [1.54, 1.807) is 12.1 Å². The van der Waals surface area contributed by atoms with Crippen LogP contribution in [-0.2, 0) is 4.74 Å². The summed E-state index contributed by atoms with van der Waals surface area (Å²) in [6, 6.07) is 5.38. The molecule has 1 aromatic carbocycles. The van der Waals surface area contributed by atoms with Crippen molar-refractivity contribution in [2.45, 2.75) is 20.3 Å². The Hall–Kier alpha value is -1.28. The zero-order valence-electron chi connectivity index (χ0n) is 9.71. The molecule has 0 atom stereocenters. The predicted octanol–water partition coefficient (Wildman–Crippen LogP) is 3.94. The number of rotatable bonds is 3. The molecule has 0 spiro atoms. The molecule has 0 fully saturated rings. The molecule has 0 aliphatic heterocycles. The van der Waals surface area contributed by atoms with E-state index < -0.39 is 5.97 Å². The molecule has 0 saturated carbocycles. The molecule has 0 aliphatic carbocycles. The summed E-state index contributed by atoms with van der Waals surface area (Å²) in [7, 11) is 1.34. The third-order valence-corrected chi connectivity index (χ3v) is 2.79. The second kappa shape index (κ2) is 5.71. The smallest absolute Gasteiger partial charge is 0.339 e. The van der Waals surface area contributed by atoms with Gasteiger partial charge in [-0.15, -0.1) is 0 Å². The van der Waals surface area contributed by atoms with E-state index in [9.17, 15) is 4.79 Å². The second-order valence-corrected chi connectivity index (χ2v) is 3.76. The minimum atomic E-state index is -0.407. The van der Waals surface area contributed by atoms with Crippen LogP contribution in [-0.4, -0.2) is 13.1 Å². The van der Waals surface area contributed by atoms with Crippen LogP contribution in [0.4, 0.5) is 0 Å². The van der Waals surface area contributed by atoms with Crippen molar-refractivity contribution < 1.29 is 9.53 Å². The first-order valence-corrected chi connectivity index (χ1v) is 5.55. The standard InChI is InChI=1S/C13H15ClO2/c1-4-9(5-2)10-6-7-11(12(14)8-10)13(15)16-3/h4,6-8H,5H2,1-3H3/b9-4+. The van der Waals surface area contributed by atoms with Gasteiger partial charge in [0.05, 0.1) is 17.7 Å². The van der Waals surface area contributed by atoms with Gasteiger partial charge >= 0.3 is 5.97 Å². The minimum Gasteiger partial charge on any atom is -0.465 e. The number of benzene rings is 1. The molecule has 3 heteroatoms. The van der Waals surface area contributed by atoms with Crippen molar-refractivity contribution in [3.63, 3.8) is 0 Å². The van der Waals surface area contributed by atoms with Crippen molar-refractivity contribution in [1.82, 2.24) is 0 Å². The number of allylic oxidation sites excluding steroid dienone is 2. The van der Waals surface area contributed by atoms with Gasteiger partial charge in [-0.1, -0.05) is 30.7 Å². The Morgan fingerprint density at radius 3 is 2.62 bits per heavy atom. The first kappa shape index (κ1) is 12.8. The van der Waals surface area contributed by atoms with E-state index in [1.165, 1.54) is 12.7 Å². The normalized spacial score (nSPS) is 11.4. The van der Waals surface area contributed by atoms with Crippen LogP contribution in [0.3, 0.4) is 0 Å². The quantitative estimate of drug-likeness (QED) is 0.746. The first-order chi connectivity index (χ1) is 7.63. The Morgan fingerprint density at radius 2 is 2.19 bits per heavy atom. The number of halogens is 1. The summed E-state index contributed by atoms with van der Waals surface area (Å²) in [5.41, 5.74) is 2.65. The fourth-order valence-electron chi connectivity index (χ4n) is 1.57. The molecule has 0 heterocycles. The number of carbonyl (C=O) groups excluding carboxylic acids is 1. The maximum atomic E-state index is 11.3. The SMILES string of the molecule is C/C=C(\CC)c1ccc(C(=O)OC)c(Cl)c1. The number of methoxy groups -OCH3 is 1. The van der Waals surface area contributed by atoms with Crippen LogP contribution in [0.15, 0.2) is 24.3 Å². The van der Waals surface area contributed by atoms with Gasteiger partial charge in [0.15, 0.2) is 0 Å². The van der Waals surface area contributed by atoms with Gasteiger partial charge in [-0.25, -0.2) is 4.79 Å². The summed E-state index contributed by atoms with van der Waals surface area (Å²) in [5.74, 6) is -0.407. The molecule has 0 saturated heterocycles. The lowest BCUT2D eigenvalue weighted by molar-refractivity contribution is 0.0601. The van der Waals surface area contributed by atoms with E-state index >= 15 is 0 Å². The fourth-order valence-corrected chi connectivity index (χ4v) is 1.82. The van der Waals surface area contributed by atoms with Gasteiger partial charge in [-0.05, 0) is 36.6 Å². The lowest BCUT2D eigenvalue weighted by atomic mass is 10.0. The third kappa shape index (κ3) is 2.64. The van der Waals surface area contributed by atoms with Crippen LogP contribution in [0.25, 0.3) is 5.57 Å². The number of esters is 1. The van der Waals surface area contributed by atoms with E-state index in [1.807, 2.05) is 19.1 Å². The molecule has 0 aromatic heterocycles. The minimum absolute atomic E-state index is 0.402. The Morgan fingerprint density at radius 1 is 1.50 bits per heavy atom. The highest BCUT2D eigenvalue weighted by Crippen LogP contribution is 2.24. The highest BCUT2D eigenvalue weighted by atomic mass is 35.5. The highest BCUT2D eigenvalue weighted by molar-refractivity contribution is 6.33. The number of ether oxygens (including phenoxy) is 1.